The average molecular weight is 284 g/mol. The number of amides is 1. The van der Waals surface area contributed by atoms with Crippen LogP contribution in [0.2, 0.25) is 0 Å². The van der Waals surface area contributed by atoms with Crippen LogP contribution in [0.1, 0.15) is 12.0 Å². The molecule has 0 saturated carbocycles. The molecule has 1 heterocycles. The number of halogens is 2. The van der Waals surface area contributed by atoms with E-state index >= 15 is 0 Å². The Morgan fingerprint density at radius 2 is 2.30 bits per heavy atom. The Balaban J connectivity index is 1.97. The second-order valence-corrected chi connectivity index (χ2v) is 5.04. The van der Waals surface area contributed by atoms with Crippen molar-refractivity contribution in [1.82, 2.24) is 10.2 Å². The van der Waals surface area contributed by atoms with Crippen molar-refractivity contribution in [2.45, 2.75) is 24.9 Å². The molecule has 1 aliphatic rings. The van der Waals surface area contributed by atoms with Gasteiger partial charge in [-0.25, -0.2) is 8.78 Å². The van der Waals surface area contributed by atoms with Crippen LogP contribution in [0.5, 0.6) is 5.75 Å². The summed E-state index contributed by atoms with van der Waals surface area (Å²) < 4.78 is 31.3. The molecule has 0 aliphatic carbocycles. The molecule has 1 N–H and O–H groups in total. The predicted molar refractivity (Wildman–Crippen MR) is 70.8 cm³/mol. The highest BCUT2D eigenvalue weighted by atomic mass is 19.3. The molecule has 6 heteroatoms. The molecule has 110 valence electrons. The molecule has 0 aromatic heterocycles. The van der Waals surface area contributed by atoms with Gasteiger partial charge in [-0.1, -0.05) is 12.1 Å². The van der Waals surface area contributed by atoms with Crippen molar-refractivity contribution in [3.05, 3.63) is 29.8 Å². The summed E-state index contributed by atoms with van der Waals surface area (Å²) in [6.07, 6.45) is -0.436. The fraction of sp³-hybridized carbons (Fsp3) is 0.500. The number of methoxy groups -OCH3 is 1. The summed E-state index contributed by atoms with van der Waals surface area (Å²) >= 11 is 0. The summed E-state index contributed by atoms with van der Waals surface area (Å²) in [6.45, 7) is -0.0732. The van der Waals surface area contributed by atoms with Crippen molar-refractivity contribution in [2.24, 2.45) is 0 Å². The van der Waals surface area contributed by atoms with Crippen LogP contribution in [0.3, 0.4) is 0 Å². The SMILES string of the molecule is COc1cccc(CN(C)C(=O)C2CC(F)(F)CN2)c1. The summed E-state index contributed by atoms with van der Waals surface area (Å²) in [5, 5.41) is 2.57. The van der Waals surface area contributed by atoms with Gasteiger partial charge >= 0.3 is 0 Å². The number of hydrogen-bond donors (Lipinski definition) is 1. The molecule has 1 fully saturated rings. The zero-order valence-electron chi connectivity index (χ0n) is 11.5. The van der Waals surface area contributed by atoms with Crippen LogP contribution in [0.25, 0.3) is 0 Å². The van der Waals surface area contributed by atoms with Crippen LogP contribution in [0.15, 0.2) is 24.3 Å². The van der Waals surface area contributed by atoms with Crippen molar-refractivity contribution >= 4 is 5.91 Å². The number of hydrogen-bond acceptors (Lipinski definition) is 3. The molecule has 1 unspecified atom stereocenters. The van der Waals surface area contributed by atoms with Gasteiger partial charge in [0.15, 0.2) is 0 Å². The fourth-order valence-electron chi connectivity index (χ4n) is 2.28. The molecule has 1 saturated heterocycles. The Morgan fingerprint density at radius 1 is 1.55 bits per heavy atom. The fourth-order valence-corrected chi connectivity index (χ4v) is 2.28. The van der Waals surface area contributed by atoms with Gasteiger partial charge in [0, 0.05) is 20.0 Å². The summed E-state index contributed by atoms with van der Waals surface area (Å²) in [5.74, 6) is -2.41. The van der Waals surface area contributed by atoms with Crippen LogP contribution in [0.4, 0.5) is 8.78 Å². The minimum Gasteiger partial charge on any atom is -0.497 e. The first kappa shape index (κ1) is 14.7. The summed E-state index contributed by atoms with van der Waals surface area (Å²) in [7, 11) is 3.18. The molecular formula is C14H18F2N2O2. The van der Waals surface area contributed by atoms with E-state index in [1.165, 1.54) is 4.90 Å². The number of ether oxygens (including phenoxy) is 1. The van der Waals surface area contributed by atoms with Crippen molar-refractivity contribution in [1.29, 1.82) is 0 Å². The van der Waals surface area contributed by atoms with Gasteiger partial charge in [-0.05, 0) is 17.7 Å². The Hall–Kier alpha value is -1.69. The molecule has 2 rings (SSSR count). The average Bonchev–Trinajstić information content (AvgIpc) is 2.78. The molecule has 1 aromatic rings. The molecule has 20 heavy (non-hydrogen) atoms. The third-order valence-corrected chi connectivity index (χ3v) is 3.34. The van der Waals surface area contributed by atoms with Crippen molar-refractivity contribution in [2.75, 3.05) is 20.7 Å². The van der Waals surface area contributed by atoms with Gasteiger partial charge in [0.1, 0.15) is 5.75 Å². The van der Waals surface area contributed by atoms with Crippen LogP contribution in [0, 0.1) is 0 Å². The number of nitrogens with zero attached hydrogens (tertiary/aromatic N) is 1. The van der Waals surface area contributed by atoms with E-state index in [1.54, 1.807) is 14.2 Å². The third-order valence-electron chi connectivity index (χ3n) is 3.34. The second kappa shape index (κ2) is 5.75. The van der Waals surface area contributed by atoms with E-state index in [0.29, 0.717) is 12.3 Å². The molecule has 0 bridgehead atoms. The molecule has 0 spiro atoms. The van der Waals surface area contributed by atoms with Crippen LogP contribution < -0.4 is 10.1 Å². The highest BCUT2D eigenvalue weighted by Crippen LogP contribution is 2.26. The zero-order chi connectivity index (χ0) is 14.8. The molecule has 1 aliphatic heterocycles. The predicted octanol–water partition coefficient (Wildman–Crippen LogP) is 1.65. The van der Waals surface area contributed by atoms with Crippen molar-refractivity contribution in [3.63, 3.8) is 0 Å². The largest absolute Gasteiger partial charge is 0.497 e. The molecule has 1 atom stereocenters. The monoisotopic (exact) mass is 284 g/mol. The maximum absolute atomic E-state index is 13.1. The number of alkyl halides is 2. The van der Waals surface area contributed by atoms with Gasteiger partial charge in [-0.3, -0.25) is 10.1 Å². The lowest BCUT2D eigenvalue weighted by atomic mass is 10.1. The van der Waals surface area contributed by atoms with E-state index in [4.69, 9.17) is 4.74 Å². The number of carbonyl (C=O) groups is 1. The van der Waals surface area contributed by atoms with E-state index < -0.39 is 24.9 Å². The van der Waals surface area contributed by atoms with Gasteiger partial charge in [0.2, 0.25) is 5.91 Å². The Morgan fingerprint density at radius 3 is 2.90 bits per heavy atom. The molecule has 4 nitrogen and oxygen atoms in total. The second-order valence-electron chi connectivity index (χ2n) is 5.04. The van der Waals surface area contributed by atoms with E-state index in [0.717, 1.165) is 5.56 Å². The number of benzene rings is 1. The normalized spacial score (nSPS) is 20.7. The topological polar surface area (TPSA) is 41.6 Å². The number of carbonyl (C=O) groups excluding carboxylic acids is 1. The lowest BCUT2D eigenvalue weighted by Crippen LogP contribution is -2.41. The first-order chi connectivity index (χ1) is 9.41. The maximum atomic E-state index is 13.1. The standard InChI is InChI=1S/C14H18F2N2O2/c1-18(8-10-4-3-5-11(6-10)20-2)13(19)12-7-14(15,16)9-17-12/h3-6,12,17H,7-9H2,1-2H3. The number of likely N-dealkylation sites (N-methyl/N-ethyl adjacent to an activating group) is 1. The van der Waals surface area contributed by atoms with E-state index in [1.807, 2.05) is 24.3 Å². The Bertz CT molecular complexity index is 494. The van der Waals surface area contributed by atoms with Crippen LogP contribution in [-0.2, 0) is 11.3 Å². The minimum absolute atomic E-state index is 0.315. The van der Waals surface area contributed by atoms with E-state index in [-0.39, 0.29) is 5.91 Å². The van der Waals surface area contributed by atoms with Gasteiger partial charge in [-0.15, -0.1) is 0 Å². The third kappa shape index (κ3) is 3.45. The Kier molecular flexibility index (Phi) is 4.23. The quantitative estimate of drug-likeness (QED) is 0.914. The van der Waals surface area contributed by atoms with Gasteiger partial charge < -0.3 is 9.64 Å². The minimum atomic E-state index is -2.79. The van der Waals surface area contributed by atoms with Crippen LogP contribution >= 0.6 is 0 Å². The van der Waals surface area contributed by atoms with Crippen LogP contribution in [-0.4, -0.2) is 43.5 Å². The van der Waals surface area contributed by atoms with E-state index in [9.17, 15) is 13.6 Å². The smallest absolute Gasteiger partial charge is 0.262 e. The lowest BCUT2D eigenvalue weighted by molar-refractivity contribution is -0.132. The van der Waals surface area contributed by atoms with Gasteiger partial charge in [0.05, 0.1) is 19.7 Å². The van der Waals surface area contributed by atoms with Gasteiger partial charge in [0.25, 0.3) is 5.92 Å². The van der Waals surface area contributed by atoms with E-state index in [2.05, 4.69) is 5.32 Å². The summed E-state index contributed by atoms with van der Waals surface area (Å²) in [5.41, 5.74) is 0.893. The molecule has 0 radical (unpaired) electrons. The first-order valence-electron chi connectivity index (χ1n) is 6.40. The Labute approximate surface area is 116 Å². The number of nitrogens with one attached hydrogen (secondary N) is 1. The van der Waals surface area contributed by atoms with Crippen molar-refractivity contribution in [3.8, 4) is 5.75 Å². The maximum Gasteiger partial charge on any atom is 0.262 e. The van der Waals surface area contributed by atoms with Crippen molar-refractivity contribution < 1.29 is 18.3 Å². The molecule has 1 aromatic carbocycles. The van der Waals surface area contributed by atoms with Gasteiger partial charge in [-0.2, -0.15) is 0 Å². The highest BCUT2D eigenvalue weighted by molar-refractivity contribution is 5.82. The number of rotatable bonds is 4. The first-order valence-corrected chi connectivity index (χ1v) is 6.40. The highest BCUT2D eigenvalue weighted by Gasteiger charge is 2.43. The molecular weight excluding hydrogens is 266 g/mol. The summed E-state index contributed by atoms with van der Waals surface area (Å²) in [4.78, 5) is 13.5. The molecule has 1 amide bonds. The lowest BCUT2D eigenvalue weighted by Gasteiger charge is -2.21. The summed E-state index contributed by atoms with van der Waals surface area (Å²) in [6, 6.07) is 6.52. The zero-order valence-corrected chi connectivity index (χ0v) is 11.5.